The van der Waals surface area contributed by atoms with E-state index in [0.29, 0.717) is 6.04 Å². The van der Waals surface area contributed by atoms with Crippen LogP contribution in [-0.2, 0) is 4.79 Å². The Hall–Kier alpha value is -1.62. The van der Waals surface area contributed by atoms with Gasteiger partial charge in [0, 0.05) is 35.4 Å². The molecule has 1 aliphatic carbocycles. The van der Waals surface area contributed by atoms with Crippen LogP contribution in [0.2, 0.25) is 0 Å². The van der Waals surface area contributed by atoms with E-state index in [1.54, 1.807) is 11.3 Å². The zero-order valence-corrected chi connectivity index (χ0v) is 12.7. The van der Waals surface area contributed by atoms with Crippen molar-refractivity contribution in [2.75, 3.05) is 18.0 Å². The lowest BCUT2D eigenvalue weighted by Gasteiger charge is -2.33. The number of rotatable bonds is 3. The first-order valence-corrected chi connectivity index (χ1v) is 8.57. The lowest BCUT2D eigenvalue weighted by molar-refractivity contribution is -0.125. The average Bonchev–Trinajstić information content (AvgIpc) is 3.20. The van der Waals surface area contributed by atoms with E-state index < -0.39 is 0 Å². The van der Waals surface area contributed by atoms with E-state index in [-0.39, 0.29) is 11.8 Å². The fourth-order valence-electron chi connectivity index (χ4n) is 3.06. The number of hydrogen-bond donors (Lipinski definition) is 1. The molecule has 1 N–H and O–H groups in total. The molecule has 0 spiro atoms. The Morgan fingerprint density at radius 3 is 3.10 bits per heavy atom. The molecule has 1 saturated heterocycles. The fourth-order valence-corrected chi connectivity index (χ4v) is 3.84. The molecule has 0 bridgehead atoms. The third-order valence-electron chi connectivity index (χ3n) is 4.37. The van der Waals surface area contributed by atoms with Crippen LogP contribution in [0, 0.1) is 5.92 Å². The zero-order valence-electron chi connectivity index (χ0n) is 11.9. The maximum Gasteiger partial charge on any atom is 0.225 e. The second-order valence-electron chi connectivity index (χ2n) is 6.04. The van der Waals surface area contributed by atoms with Gasteiger partial charge in [-0.3, -0.25) is 4.79 Å². The molecule has 110 valence electrons. The van der Waals surface area contributed by atoms with E-state index >= 15 is 0 Å². The normalized spacial score (nSPS) is 22.5. The van der Waals surface area contributed by atoms with Crippen molar-refractivity contribution >= 4 is 33.1 Å². The predicted molar refractivity (Wildman–Crippen MR) is 85.7 cm³/mol. The molecule has 21 heavy (non-hydrogen) atoms. The first kappa shape index (κ1) is 13.1. The lowest BCUT2D eigenvalue weighted by atomic mass is 9.97. The topological polar surface area (TPSA) is 45.2 Å². The SMILES string of the molecule is O=C(NC1CC1)C1CCCN(c2nccc3sccc23)C1. The molecule has 2 fully saturated rings. The summed E-state index contributed by atoms with van der Waals surface area (Å²) >= 11 is 1.74. The number of piperidine rings is 1. The van der Waals surface area contributed by atoms with Gasteiger partial charge >= 0.3 is 0 Å². The number of anilines is 1. The molecule has 5 heteroatoms. The summed E-state index contributed by atoms with van der Waals surface area (Å²) in [5, 5.41) is 6.47. The molecule has 0 radical (unpaired) electrons. The van der Waals surface area contributed by atoms with Gasteiger partial charge in [0.15, 0.2) is 0 Å². The van der Waals surface area contributed by atoms with Gasteiger partial charge in [-0.05, 0) is 43.2 Å². The predicted octanol–water partition coefficient (Wildman–Crippen LogP) is 2.79. The number of thiophene rings is 1. The van der Waals surface area contributed by atoms with Crippen molar-refractivity contribution in [2.24, 2.45) is 5.92 Å². The van der Waals surface area contributed by atoms with Crippen LogP contribution in [-0.4, -0.2) is 30.0 Å². The Bertz CT molecular complexity index is 664. The molecule has 1 amide bonds. The number of pyridine rings is 1. The number of nitrogens with zero attached hydrogens (tertiary/aromatic N) is 2. The Morgan fingerprint density at radius 2 is 2.24 bits per heavy atom. The highest BCUT2D eigenvalue weighted by Gasteiger charge is 2.31. The number of hydrogen-bond acceptors (Lipinski definition) is 4. The summed E-state index contributed by atoms with van der Waals surface area (Å²) in [6, 6.07) is 4.65. The molecule has 0 aromatic carbocycles. The van der Waals surface area contributed by atoms with Crippen LogP contribution in [0.15, 0.2) is 23.7 Å². The Balaban J connectivity index is 1.54. The molecule has 1 saturated carbocycles. The number of carbonyl (C=O) groups excluding carboxylic acids is 1. The Kier molecular flexibility index (Phi) is 3.30. The average molecular weight is 301 g/mol. The van der Waals surface area contributed by atoms with E-state index in [9.17, 15) is 4.79 Å². The van der Waals surface area contributed by atoms with Crippen LogP contribution in [0.3, 0.4) is 0 Å². The van der Waals surface area contributed by atoms with Crippen molar-refractivity contribution in [3.05, 3.63) is 23.7 Å². The first-order valence-electron chi connectivity index (χ1n) is 7.69. The summed E-state index contributed by atoms with van der Waals surface area (Å²) in [5.74, 6) is 1.38. The molecule has 2 aliphatic rings. The number of fused-ring (bicyclic) bond motifs is 1. The number of aromatic nitrogens is 1. The van der Waals surface area contributed by atoms with Crippen LogP contribution in [0.25, 0.3) is 10.1 Å². The van der Waals surface area contributed by atoms with Crippen LogP contribution < -0.4 is 10.2 Å². The standard InChI is InChI=1S/C16H19N3OS/c20-16(18-12-3-4-12)11-2-1-8-19(10-11)15-13-6-9-21-14(13)5-7-17-15/h5-7,9,11-12H,1-4,8,10H2,(H,18,20). The summed E-state index contributed by atoms with van der Waals surface area (Å²) in [4.78, 5) is 19.1. The van der Waals surface area contributed by atoms with Crippen molar-refractivity contribution in [3.8, 4) is 0 Å². The third-order valence-corrected chi connectivity index (χ3v) is 5.26. The smallest absolute Gasteiger partial charge is 0.225 e. The molecule has 4 rings (SSSR count). The van der Waals surface area contributed by atoms with E-state index in [2.05, 4.69) is 32.7 Å². The van der Waals surface area contributed by atoms with Crippen LogP contribution in [0.5, 0.6) is 0 Å². The second-order valence-corrected chi connectivity index (χ2v) is 6.98. The van der Waals surface area contributed by atoms with Crippen molar-refractivity contribution in [3.63, 3.8) is 0 Å². The molecular formula is C16H19N3OS. The number of carbonyl (C=O) groups is 1. The maximum atomic E-state index is 12.3. The van der Waals surface area contributed by atoms with Gasteiger partial charge in [-0.15, -0.1) is 11.3 Å². The van der Waals surface area contributed by atoms with Gasteiger partial charge in [0.25, 0.3) is 0 Å². The minimum atomic E-state index is 0.107. The minimum Gasteiger partial charge on any atom is -0.355 e. The van der Waals surface area contributed by atoms with Gasteiger partial charge in [-0.2, -0.15) is 0 Å². The molecule has 3 heterocycles. The molecule has 4 nitrogen and oxygen atoms in total. The second kappa shape index (κ2) is 5.30. The van der Waals surface area contributed by atoms with Gasteiger partial charge in [0.1, 0.15) is 5.82 Å². The van der Waals surface area contributed by atoms with E-state index in [1.165, 1.54) is 10.1 Å². The van der Waals surface area contributed by atoms with Gasteiger partial charge in [0.2, 0.25) is 5.91 Å². The molecule has 1 aliphatic heterocycles. The molecular weight excluding hydrogens is 282 g/mol. The van der Waals surface area contributed by atoms with E-state index in [4.69, 9.17) is 0 Å². The largest absolute Gasteiger partial charge is 0.355 e. The van der Waals surface area contributed by atoms with Gasteiger partial charge in [-0.25, -0.2) is 4.98 Å². The molecule has 2 aromatic rings. The van der Waals surface area contributed by atoms with Gasteiger partial charge in [-0.1, -0.05) is 0 Å². The van der Waals surface area contributed by atoms with Crippen molar-refractivity contribution < 1.29 is 4.79 Å². The molecule has 2 aromatic heterocycles. The fraction of sp³-hybridized carbons (Fsp3) is 0.500. The first-order chi connectivity index (χ1) is 10.3. The van der Waals surface area contributed by atoms with Gasteiger partial charge in [0.05, 0.1) is 5.92 Å². The monoisotopic (exact) mass is 301 g/mol. The summed E-state index contributed by atoms with van der Waals surface area (Å²) in [6.45, 7) is 1.79. The maximum absolute atomic E-state index is 12.3. The summed E-state index contributed by atoms with van der Waals surface area (Å²) in [6.07, 6.45) is 6.23. The van der Waals surface area contributed by atoms with Crippen molar-refractivity contribution in [2.45, 2.75) is 31.7 Å². The lowest BCUT2D eigenvalue weighted by Crippen LogP contribution is -2.44. The number of nitrogens with one attached hydrogen (secondary N) is 1. The summed E-state index contributed by atoms with van der Waals surface area (Å²) in [5.41, 5.74) is 0. The zero-order chi connectivity index (χ0) is 14.2. The Labute approximate surface area is 128 Å². The minimum absolute atomic E-state index is 0.107. The highest BCUT2D eigenvalue weighted by atomic mass is 32.1. The Morgan fingerprint density at radius 1 is 1.33 bits per heavy atom. The highest BCUT2D eigenvalue weighted by Crippen LogP contribution is 2.31. The van der Waals surface area contributed by atoms with Crippen LogP contribution in [0.4, 0.5) is 5.82 Å². The quantitative estimate of drug-likeness (QED) is 0.948. The van der Waals surface area contributed by atoms with Crippen molar-refractivity contribution in [1.82, 2.24) is 10.3 Å². The highest BCUT2D eigenvalue weighted by molar-refractivity contribution is 7.17. The number of amides is 1. The van der Waals surface area contributed by atoms with Crippen LogP contribution in [0.1, 0.15) is 25.7 Å². The third kappa shape index (κ3) is 2.62. The summed E-state index contributed by atoms with van der Waals surface area (Å²) in [7, 11) is 0. The van der Waals surface area contributed by atoms with E-state index in [1.807, 2.05) is 6.20 Å². The van der Waals surface area contributed by atoms with E-state index in [0.717, 1.165) is 44.6 Å². The van der Waals surface area contributed by atoms with Gasteiger partial charge < -0.3 is 10.2 Å². The summed E-state index contributed by atoms with van der Waals surface area (Å²) < 4.78 is 1.27. The molecule has 1 unspecified atom stereocenters. The van der Waals surface area contributed by atoms with Crippen LogP contribution >= 0.6 is 11.3 Å². The van der Waals surface area contributed by atoms with Crippen molar-refractivity contribution in [1.29, 1.82) is 0 Å². The molecule has 1 atom stereocenters.